The average molecular weight is 224 g/mol. The second-order valence-electron chi connectivity index (χ2n) is 4.88. The van der Waals surface area contributed by atoms with Crippen LogP contribution in [0, 0.1) is 0 Å². The number of aliphatic hydroxyl groups is 1. The molecule has 0 aromatic rings. The minimum absolute atomic E-state index is 0.0975. The van der Waals surface area contributed by atoms with E-state index in [0.717, 1.165) is 13.0 Å². The standard InChI is InChI=1S/C9H20ClN2O2/c1-9(2,11-10)4-5-12(3)6-8(13)7-14-12/h8,11,13H,4-7H2,1-3H3/q+1. The van der Waals surface area contributed by atoms with E-state index in [1.165, 1.54) is 0 Å². The Labute approximate surface area is 90.4 Å². The number of hydrogen-bond donors (Lipinski definition) is 2. The SMILES string of the molecule is CC(C)(CC[N+]1(C)CC(O)CO1)NCl. The molecule has 0 aromatic heterocycles. The number of aliphatic hydroxyl groups excluding tert-OH is 1. The smallest absolute Gasteiger partial charge is 0.138 e. The first-order valence-electron chi connectivity index (χ1n) is 4.92. The Hall–Kier alpha value is 0.130. The van der Waals surface area contributed by atoms with Gasteiger partial charge in [-0.1, -0.05) is 0 Å². The monoisotopic (exact) mass is 223 g/mol. The number of hydroxylamine groups is 3. The van der Waals surface area contributed by atoms with Gasteiger partial charge in [-0.25, -0.2) is 9.67 Å². The van der Waals surface area contributed by atoms with Crippen LogP contribution in [0.1, 0.15) is 20.3 Å². The largest absolute Gasteiger partial charge is 0.384 e. The number of likely N-dealkylation sites (N-methyl/N-ethyl adjacent to an activating group) is 1. The summed E-state index contributed by atoms with van der Waals surface area (Å²) in [4.78, 5) is 8.25. The second-order valence-corrected chi connectivity index (χ2v) is 5.07. The molecule has 0 radical (unpaired) electrons. The zero-order valence-electron chi connectivity index (χ0n) is 9.09. The summed E-state index contributed by atoms with van der Waals surface area (Å²) in [7, 11) is 1.99. The summed E-state index contributed by atoms with van der Waals surface area (Å²) in [5.74, 6) is 0. The Morgan fingerprint density at radius 2 is 2.29 bits per heavy atom. The molecule has 0 spiro atoms. The van der Waals surface area contributed by atoms with Crippen molar-refractivity contribution in [2.75, 3.05) is 26.7 Å². The van der Waals surface area contributed by atoms with Crippen LogP contribution in [0.3, 0.4) is 0 Å². The molecule has 1 heterocycles. The minimum atomic E-state index is -0.327. The molecular weight excluding hydrogens is 204 g/mol. The van der Waals surface area contributed by atoms with Crippen LogP contribution >= 0.6 is 11.8 Å². The normalized spacial score (nSPS) is 33.6. The van der Waals surface area contributed by atoms with Crippen LogP contribution in [0.2, 0.25) is 0 Å². The molecule has 2 unspecified atom stereocenters. The number of nitrogens with zero attached hydrogens (tertiary/aromatic N) is 1. The molecule has 2 atom stereocenters. The van der Waals surface area contributed by atoms with Gasteiger partial charge in [0.25, 0.3) is 0 Å². The molecule has 14 heavy (non-hydrogen) atoms. The fourth-order valence-electron chi connectivity index (χ4n) is 1.54. The molecule has 1 aliphatic rings. The van der Waals surface area contributed by atoms with Crippen molar-refractivity contribution in [2.24, 2.45) is 0 Å². The third kappa shape index (κ3) is 3.37. The highest BCUT2D eigenvalue weighted by Gasteiger charge is 2.37. The minimum Gasteiger partial charge on any atom is -0.384 e. The summed E-state index contributed by atoms with van der Waals surface area (Å²) in [6.07, 6.45) is 0.576. The lowest BCUT2D eigenvalue weighted by Gasteiger charge is -2.29. The van der Waals surface area contributed by atoms with E-state index in [2.05, 4.69) is 4.84 Å². The van der Waals surface area contributed by atoms with E-state index in [-0.39, 0.29) is 11.6 Å². The molecular formula is C9H20ClN2O2+. The molecule has 0 amide bonds. The summed E-state index contributed by atoms with van der Waals surface area (Å²) in [5, 5.41) is 9.37. The second kappa shape index (κ2) is 4.33. The number of rotatable bonds is 4. The van der Waals surface area contributed by atoms with E-state index in [1.54, 1.807) is 0 Å². The van der Waals surface area contributed by atoms with E-state index >= 15 is 0 Å². The molecule has 5 heteroatoms. The van der Waals surface area contributed by atoms with Crippen LogP contribution in [-0.4, -0.2) is 48.1 Å². The van der Waals surface area contributed by atoms with Crippen LogP contribution in [0.5, 0.6) is 0 Å². The van der Waals surface area contributed by atoms with E-state index in [9.17, 15) is 5.11 Å². The van der Waals surface area contributed by atoms with Crippen LogP contribution in [-0.2, 0) is 4.84 Å². The lowest BCUT2D eigenvalue weighted by molar-refractivity contribution is -1.08. The molecule has 0 aromatic carbocycles. The first kappa shape index (κ1) is 12.2. The summed E-state index contributed by atoms with van der Waals surface area (Å²) < 4.78 is 0.475. The topological polar surface area (TPSA) is 41.5 Å². The van der Waals surface area contributed by atoms with Crippen molar-refractivity contribution in [3.8, 4) is 0 Å². The molecule has 1 aliphatic heterocycles. The third-order valence-electron chi connectivity index (χ3n) is 2.64. The number of nitrogens with one attached hydrogen (secondary N) is 1. The molecule has 0 aliphatic carbocycles. The van der Waals surface area contributed by atoms with Crippen molar-refractivity contribution < 1.29 is 14.6 Å². The number of halogens is 1. The van der Waals surface area contributed by atoms with Crippen molar-refractivity contribution in [1.29, 1.82) is 0 Å². The van der Waals surface area contributed by atoms with Gasteiger partial charge in [0, 0.05) is 12.0 Å². The lowest BCUT2D eigenvalue weighted by Crippen LogP contribution is -2.46. The van der Waals surface area contributed by atoms with Gasteiger partial charge in [0.05, 0.1) is 7.05 Å². The van der Waals surface area contributed by atoms with Crippen LogP contribution in [0.4, 0.5) is 0 Å². The molecule has 1 saturated heterocycles. The zero-order valence-corrected chi connectivity index (χ0v) is 9.84. The molecule has 1 rings (SSSR count). The molecule has 0 saturated carbocycles. The van der Waals surface area contributed by atoms with Crippen molar-refractivity contribution in [3.05, 3.63) is 0 Å². The predicted molar refractivity (Wildman–Crippen MR) is 55.6 cm³/mol. The molecule has 2 N–H and O–H groups in total. The van der Waals surface area contributed by atoms with E-state index in [1.807, 2.05) is 20.9 Å². The molecule has 4 nitrogen and oxygen atoms in total. The summed E-state index contributed by atoms with van der Waals surface area (Å²) in [6, 6.07) is 0. The van der Waals surface area contributed by atoms with Gasteiger partial charge in [0.15, 0.2) is 0 Å². The highest BCUT2D eigenvalue weighted by Crippen LogP contribution is 2.19. The molecule has 1 fully saturated rings. The van der Waals surface area contributed by atoms with Gasteiger partial charge >= 0.3 is 0 Å². The first-order chi connectivity index (χ1) is 6.37. The van der Waals surface area contributed by atoms with Gasteiger partial charge in [-0.2, -0.15) is 4.65 Å². The maximum atomic E-state index is 9.37. The predicted octanol–water partition coefficient (Wildman–Crippen LogP) is 0.651. The number of quaternary nitrogens is 1. The van der Waals surface area contributed by atoms with Gasteiger partial charge in [-0.05, 0) is 25.6 Å². The van der Waals surface area contributed by atoms with Gasteiger partial charge in [0.2, 0.25) is 0 Å². The zero-order chi connectivity index (χ0) is 10.8. The molecule has 84 valence electrons. The first-order valence-corrected chi connectivity index (χ1v) is 5.30. The van der Waals surface area contributed by atoms with Crippen LogP contribution < -0.4 is 4.84 Å². The molecule has 0 bridgehead atoms. The fraction of sp³-hybridized carbons (Fsp3) is 1.00. The van der Waals surface area contributed by atoms with E-state index in [4.69, 9.17) is 16.6 Å². The Bertz CT molecular complexity index is 201. The summed E-state index contributed by atoms with van der Waals surface area (Å²) >= 11 is 5.61. The van der Waals surface area contributed by atoms with Crippen molar-refractivity contribution in [1.82, 2.24) is 4.84 Å². The van der Waals surface area contributed by atoms with E-state index in [0.29, 0.717) is 17.8 Å². The third-order valence-corrected chi connectivity index (χ3v) is 3.15. The van der Waals surface area contributed by atoms with Crippen molar-refractivity contribution in [3.63, 3.8) is 0 Å². The quantitative estimate of drug-likeness (QED) is 0.543. The van der Waals surface area contributed by atoms with Crippen LogP contribution in [0.15, 0.2) is 0 Å². The Balaban J connectivity index is 2.37. The Kier molecular flexibility index (Phi) is 3.77. The van der Waals surface area contributed by atoms with Crippen LogP contribution in [0.25, 0.3) is 0 Å². The highest BCUT2D eigenvalue weighted by molar-refractivity contribution is 6.13. The Morgan fingerprint density at radius 1 is 1.64 bits per heavy atom. The van der Waals surface area contributed by atoms with Gasteiger partial charge in [0.1, 0.15) is 25.8 Å². The van der Waals surface area contributed by atoms with Crippen molar-refractivity contribution >= 4 is 11.8 Å². The Morgan fingerprint density at radius 3 is 2.71 bits per heavy atom. The van der Waals surface area contributed by atoms with Gasteiger partial charge in [-0.3, -0.25) is 0 Å². The highest BCUT2D eigenvalue weighted by atomic mass is 35.5. The average Bonchev–Trinajstić information content (AvgIpc) is 2.45. The maximum absolute atomic E-state index is 9.37. The summed E-state index contributed by atoms with van der Waals surface area (Å²) in [6.45, 7) is 6.03. The van der Waals surface area contributed by atoms with E-state index < -0.39 is 0 Å². The lowest BCUT2D eigenvalue weighted by atomic mass is 10.0. The van der Waals surface area contributed by atoms with Gasteiger partial charge in [-0.15, -0.1) is 0 Å². The summed E-state index contributed by atoms with van der Waals surface area (Å²) in [5.41, 5.74) is -0.0975. The van der Waals surface area contributed by atoms with Gasteiger partial charge < -0.3 is 5.11 Å². The maximum Gasteiger partial charge on any atom is 0.138 e. The van der Waals surface area contributed by atoms with Crippen molar-refractivity contribution in [2.45, 2.75) is 31.9 Å². The number of hydrogen-bond acceptors (Lipinski definition) is 3. The fourth-order valence-corrected chi connectivity index (χ4v) is 1.63.